The van der Waals surface area contributed by atoms with Gasteiger partial charge in [-0.1, -0.05) is 40.5 Å². The van der Waals surface area contributed by atoms with Crippen molar-refractivity contribution in [2.45, 2.75) is 85.5 Å². The van der Waals surface area contributed by atoms with Crippen molar-refractivity contribution in [1.29, 1.82) is 0 Å². The smallest absolute Gasteiger partial charge is 0.408 e. The average Bonchev–Trinajstić information content (AvgIpc) is 2.57. The summed E-state index contributed by atoms with van der Waals surface area (Å²) in [6.07, 6.45) is 0.890. The Hall–Kier alpha value is -1.83. The molecule has 3 N–H and O–H groups in total. The second kappa shape index (κ2) is 14.2. The van der Waals surface area contributed by atoms with Crippen LogP contribution in [-0.4, -0.2) is 61.3 Å². The number of likely N-dealkylation sites (N-methyl/N-ethyl adjacent to an activating group) is 1. The Balaban J connectivity index is 0. The highest BCUT2D eigenvalue weighted by atomic mass is 16.6. The quantitative estimate of drug-likeness (QED) is 0.615. The van der Waals surface area contributed by atoms with E-state index in [9.17, 15) is 14.4 Å². The van der Waals surface area contributed by atoms with Crippen LogP contribution in [0.4, 0.5) is 4.79 Å². The monoisotopic (exact) mass is 403 g/mol. The number of ether oxygens (including phenoxy) is 2. The number of carbonyl (C=O) groups is 3. The third kappa shape index (κ3) is 12.5. The molecular weight excluding hydrogens is 362 g/mol. The highest BCUT2D eigenvalue weighted by molar-refractivity contribution is 5.82. The second-order valence-electron chi connectivity index (χ2n) is 7.89. The van der Waals surface area contributed by atoms with Crippen LogP contribution in [0.1, 0.15) is 67.7 Å². The first-order valence-corrected chi connectivity index (χ1v) is 9.87. The van der Waals surface area contributed by atoms with Crippen molar-refractivity contribution in [3.63, 3.8) is 0 Å². The van der Waals surface area contributed by atoms with Crippen molar-refractivity contribution >= 4 is 17.9 Å². The predicted molar refractivity (Wildman–Crippen MR) is 111 cm³/mol. The number of nitrogens with zero attached hydrogens (tertiary/aromatic N) is 1. The fraction of sp³-hybridized carbons (Fsp3) is 0.850. The third-order valence-corrected chi connectivity index (χ3v) is 3.94. The summed E-state index contributed by atoms with van der Waals surface area (Å²) < 4.78 is 10.5. The predicted octanol–water partition coefficient (Wildman–Crippen LogP) is 2.69. The van der Waals surface area contributed by atoms with E-state index in [1.807, 2.05) is 13.8 Å². The molecule has 0 aromatic rings. The van der Waals surface area contributed by atoms with Gasteiger partial charge in [0.2, 0.25) is 11.8 Å². The molecule has 0 bridgehead atoms. The van der Waals surface area contributed by atoms with E-state index in [0.717, 1.165) is 6.42 Å². The van der Waals surface area contributed by atoms with Gasteiger partial charge in [0.05, 0.1) is 18.6 Å². The minimum Gasteiger partial charge on any atom is -0.444 e. The van der Waals surface area contributed by atoms with Crippen LogP contribution in [0.3, 0.4) is 0 Å². The van der Waals surface area contributed by atoms with Crippen molar-refractivity contribution in [3.05, 3.63) is 0 Å². The maximum atomic E-state index is 12.5. The molecule has 0 radical (unpaired) electrons. The number of carbonyl (C=O) groups excluding carboxylic acids is 3. The van der Waals surface area contributed by atoms with Crippen LogP contribution >= 0.6 is 0 Å². The van der Waals surface area contributed by atoms with Crippen LogP contribution in [0.15, 0.2) is 0 Å². The first kappa shape index (κ1) is 28.4. The lowest BCUT2D eigenvalue weighted by Crippen LogP contribution is -2.52. The number of methoxy groups -OCH3 is 1. The number of amides is 3. The van der Waals surface area contributed by atoms with Gasteiger partial charge in [0.25, 0.3) is 0 Å². The Morgan fingerprint density at radius 3 is 2.00 bits per heavy atom. The van der Waals surface area contributed by atoms with Crippen LogP contribution in [0.5, 0.6) is 0 Å². The fourth-order valence-electron chi connectivity index (χ4n) is 2.53. The van der Waals surface area contributed by atoms with Crippen LogP contribution in [0, 0.1) is 5.92 Å². The maximum absolute atomic E-state index is 12.5. The standard InChI is InChI=1S/C17H33N3O5.C3H8/c1-8-11(2)15(12(24-7)9-13(18)21)20(6)14(22)10-19-16(23)25-17(3,4)5;1-3-2/h11-12,15H,8-10H2,1-7H3,(H2,18,21)(H,19,23);3H2,1-2H3. The maximum Gasteiger partial charge on any atom is 0.408 e. The topological polar surface area (TPSA) is 111 Å². The van der Waals surface area contributed by atoms with Crippen LogP contribution in [0.25, 0.3) is 0 Å². The van der Waals surface area contributed by atoms with Crippen molar-refractivity contribution in [2.75, 3.05) is 20.7 Å². The molecule has 0 aromatic carbocycles. The molecule has 0 heterocycles. The molecule has 0 fully saturated rings. The minimum absolute atomic E-state index is 0.0165. The summed E-state index contributed by atoms with van der Waals surface area (Å²) in [6, 6.07) is -0.338. The molecule has 3 amide bonds. The SMILES string of the molecule is CCC.CCC(C)C(C(CC(N)=O)OC)N(C)C(=O)CNC(=O)OC(C)(C)C. The van der Waals surface area contributed by atoms with Gasteiger partial charge in [-0.25, -0.2) is 4.79 Å². The minimum atomic E-state index is -0.658. The van der Waals surface area contributed by atoms with Crippen molar-refractivity contribution in [3.8, 4) is 0 Å². The summed E-state index contributed by atoms with van der Waals surface area (Å²) in [6.45, 7) is 13.2. The summed E-state index contributed by atoms with van der Waals surface area (Å²) >= 11 is 0. The fourth-order valence-corrected chi connectivity index (χ4v) is 2.53. The molecule has 0 aliphatic heterocycles. The molecule has 3 atom stereocenters. The summed E-state index contributed by atoms with van der Waals surface area (Å²) in [5, 5.41) is 2.44. The number of hydrogen-bond acceptors (Lipinski definition) is 5. The summed E-state index contributed by atoms with van der Waals surface area (Å²) in [5.74, 6) is -0.713. The molecule has 0 aliphatic carbocycles. The Labute approximate surface area is 170 Å². The van der Waals surface area contributed by atoms with Crippen molar-refractivity contribution in [1.82, 2.24) is 10.2 Å². The summed E-state index contributed by atoms with van der Waals surface area (Å²) in [5.41, 5.74) is 4.65. The number of alkyl carbamates (subject to hydrolysis) is 1. The number of nitrogens with two attached hydrogens (primary N) is 1. The van der Waals surface area contributed by atoms with Gasteiger partial charge in [-0.3, -0.25) is 9.59 Å². The molecule has 0 aliphatic rings. The molecule has 3 unspecified atom stereocenters. The number of rotatable bonds is 9. The molecule has 28 heavy (non-hydrogen) atoms. The zero-order valence-corrected chi connectivity index (χ0v) is 19.1. The van der Waals surface area contributed by atoms with E-state index >= 15 is 0 Å². The lowest BCUT2D eigenvalue weighted by atomic mass is 9.91. The van der Waals surface area contributed by atoms with E-state index < -0.39 is 23.7 Å². The second-order valence-corrected chi connectivity index (χ2v) is 7.89. The molecule has 8 nitrogen and oxygen atoms in total. The van der Waals surface area contributed by atoms with E-state index in [1.165, 1.54) is 18.4 Å². The van der Waals surface area contributed by atoms with Crippen LogP contribution in [-0.2, 0) is 19.1 Å². The Morgan fingerprint density at radius 2 is 1.64 bits per heavy atom. The average molecular weight is 404 g/mol. The third-order valence-electron chi connectivity index (χ3n) is 3.94. The Morgan fingerprint density at radius 1 is 1.14 bits per heavy atom. The molecule has 0 spiro atoms. The van der Waals surface area contributed by atoms with Gasteiger partial charge in [0.15, 0.2) is 0 Å². The molecule has 8 heteroatoms. The van der Waals surface area contributed by atoms with E-state index in [0.29, 0.717) is 0 Å². The zero-order valence-electron chi connectivity index (χ0n) is 19.1. The van der Waals surface area contributed by atoms with Crippen molar-refractivity contribution in [2.24, 2.45) is 11.7 Å². The zero-order chi connectivity index (χ0) is 22.5. The van der Waals surface area contributed by atoms with Gasteiger partial charge in [-0.05, 0) is 26.7 Å². The van der Waals surface area contributed by atoms with Gasteiger partial charge in [-0.15, -0.1) is 0 Å². The molecular formula is C20H41N3O5. The van der Waals surface area contributed by atoms with Crippen LogP contribution < -0.4 is 11.1 Å². The number of hydrogen-bond donors (Lipinski definition) is 2. The molecule has 0 saturated heterocycles. The largest absolute Gasteiger partial charge is 0.444 e. The van der Waals surface area contributed by atoms with E-state index in [1.54, 1.807) is 27.8 Å². The molecule has 0 rings (SSSR count). The van der Waals surface area contributed by atoms with Crippen LogP contribution in [0.2, 0.25) is 0 Å². The summed E-state index contributed by atoms with van der Waals surface area (Å²) in [4.78, 5) is 36.9. The first-order valence-electron chi connectivity index (χ1n) is 9.87. The first-order chi connectivity index (χ1) is 12.8. The lowest BCUT2D eigenvalue weighted by molar-refractivity contribution is -0.137. The van der Waals surface area contributed by atoms with Gasteiger partial charge >= 0.3 is 6.09 Å². The van der Waals surface area contributed by atoms with Gasteiger partial charge in [0, 0.05) is 14.2 Å². The van der Waals surface area contributed by atoms with E-state index in [2.05, 4.69) is 19.2 Å². The van der Waals surface area contributed by atoms with Gasteiger partial charge in [-0.2, -0.15) is 0 Å². The molecule has 166 valence electrons. The normalized spacial score (nSPS) is 14.0. The van der Waals surface area contributed by atoms with E-state index in [4.69, 9.17) is 15.2 Å². The lowest BCUT2D eigenvalue weighted by Gasteiger charge is -2.37. The molecule has 0 saturated carbocycles. The number of nitrogens with one attached hydrogen (secondary N) is 1. The summed E-state index contributed by atoms with van der Waals surface area (Å²) in [7, 11) is 3.11. The van der Waals surface area contributed by atoms with E-state index in [-0.39, 0.29) is 30.8 Å². The Bertz CT molecular complexity index is 477. The highest BCUT2D eigenvalue weighted by Crippen LogP contribution is 2.21. The highest BCUT2D eigenvalue weighted by Gasteiger charge is 2.33. The van der Waals surface area contributed by atoms with Crippen molar-refractivity contribution < 1.29 is 23.9 Å². The Kier molecular flexibility index (Phi) is 14.4. The van der Waals surface area contributed by atoms with Gasteiger partial charge < -0.3 is 25.4 Å². The number of primary amides is 1. The molecule has 0 aromatic heterocycles. The van der Waals surface area contributed by atoms with Gasteiger partial charge in [0.1, 0.15) is 12.1 Å².